The third kappa shape index (κ3) is 2.70. The summed E-state index contributed by atoms with van der Waals surface area (Å²) in [4.78, 5) is 11.7. The van der Waals surface area contributed by atoms with Crippen LogP contribution < -0.4 is 11.1 Å². The number of aromatic nitrogens is 2. The minimum atomic E-state index is -0.218. The molecule has 1 amide bonds. The molecule has 1 atom stereocenters. The normalized spacial score (nSPS) is 12.1. The van der Waals surface area contributed by atoms with E-state index in [4.69, 9.17) is 5.73 Å². The number of amides is 1. The lowest BCUT2D eigenvalue weighted by Gasteiger charge is -2.08. The second-order valence-electron chi connectivity index (χ2n) is 3.84. The summed E-state index contributed by atoms with van der Waals surface area (Å²) in [5.41, 5.74) is 7.91. The Morgan fingerprint density at radius 1 is 1.47 bits per heavy atom. The van der Waals surface area contributed by atoms with Crippen molar-refractivity contribution in [2.75, 3.05) is 5.32 Å². The Labute approximate surface area is 99.0 Å². The quantitative estimate of drug-likeness (QED) is 0.750. The highest BCUT2D eigenvalue weighted by atomic mass is 16.1. The highest BCUT2D eigenvalue weighted by Crippen LogP contribution is 2.16. The number of benzene rings is 1. The smallest absolute Gasteiger partial charge is 0.273 e. The lowest BCUT2D eigenvalue weighted by molar-refractivity contribution is 0.102. The first kappa shape index (κ1) is 11.3. The van der Waals surface area contributed by atoms with Crippen LogP contribution in [0.15, 0.2) is 36.5 Å². The molecule has 0 aliphatic carbocycles. The van der Waals surface area contributed by atoms with Gasteiger partial charge in [-0.3, -0.25) is 9.89 Å². The van der Waals surface area contributed by atoms with Gasteiger partial charge in [-0.2, -0.15) is 5.10 Å². The Kier molecular flexibility index (Phi) is 3.20. The van der Waals surface area contributed by atoms with Crippen molar-refractivity contribution in [2.45, 2.75) is 13.0 Å². The van der Waals surface area contributed by atoms with Gasteiger partial charge in [-0.25, -0.2) is 0 Å². The van der Waals surface area contributed by atoms with Gasteiger partial charge in [0.25, 0.3) is 5.91 Å². The Hall–Kier alpha value is -2.14. The molecule has 1 aromatic carbocycles. The van der Waals surface area contributed by atoms with Crippen molar-refractivity contribution in [1.29, 1.82) is 0 Å². The summed E-state index contributed by atoms with van der Waals surface area (Å²) in [5, 5.41) is 9.11. The maximum Gasteiger partial charge on any atom is 0.273 e. The highest BCUT2D eigenvalue weighted by Gasteiger charge is 2.07. The lowest BCUT2D eigenvalue weighted by Crippen LogP contribution is -2.13. The van der Waals surface area contributed by atoms with Crippen LogP contribution in [0.3, 0.4) is 0 Å². The third-order valence-electron chi connectivity index (χ3n) is 2.42. The summed E-state index contributed by atoms with van der Waals surface area (Å²) in [5.74, 6) is -0.218. The van der Waals surface area contributed by atoms with Crippen LogP contribution in [0, 0.1) is 0 Å². The fourth-order valence-corrected chi connectivity index (χ4v) is 1.48. The molecule has 4 N–H and O–H groups in total. The summed E-state index contributed by atoms with van der Waals surface area (Å²) in [6.45, 7) is 1.90. The number of nitrogens with two attached hydrogens (primary N) is 1. The number of hydrogen-bond donors (Lipinski definition) is 3. The van der Waals surface area contributed by atoms with E-state index in [1.165, 1.54) is 6.20 Å². The van der Waals surface area contributed by atoms with Gasteiger partial charge in [0, 0.05) is 17.9 Å². The zero-order valence-corrected chi connectivity index (χ0v) is 9.47. The zero-order valence-electron chi connectivity index (χ0n) is 9.47. The van der Waals surface area contributed by atoms with Crippen molar-refractivity contribution in [2.24, 2.45) is 5.73 Å². The van der Waals surface area contributed by atoms with Gasteiger partial charge in [0.1, 0.15) is 5.69 Å². The predicted octanol–water partition coefficient (Wildman–Crippen LogP) is 1.68. The van der Waals surface area contributed by atoms with E-state index in [0.717, 1.165) is 11.3 Å². The Balaban J connectivity index is 2.14. The molecule has 0 spiro atoms. The number of nitrogens with one attached hydrogen (secondary N) is 2. The molecule has 0 saturated carbocycles. The van der Waals surface area contributed by atoms with E-state index in [1.807, 2.05) is 31.2 Å². The molecule has 2 rings (SSSR count). The molecule has 1 unspecified atom stereocenters. The molecule has 1 heterocycles. The van der Waals surface area contributed by atoms with Crippen molar-refractivity contribution >= 4 is 11.6 Å². The Morgan fingerprint density at radius 2 is 2.29 bits per heavy atom. The minimum Gasteiger partial charge on any atom is -0.324 e. The Morgan fingerprint density at radius 3 is 2.94 bits per heavy atom. The van der Waals surface area contributed by atoms with Gasteiger partial charge in [-0.05, 0) is 30.7 Å². The summed E-state index contributed by atoms with van der Waals surface area (Å²) >= 11 is 0. The van der Waals surface area contributed by atoms with Crippen molar-refractivity contribution in [3.8, 4) is 0 Å². The van der Waals surface area contributed by atoms with Crippen molar-refractivity contribution in [3.63, 3.8) is 0 Å². The van der Waals surface area contributed by atoms with Crippen LogP contribution >= 0.6 is 0 Å². The van der Waals surface area contributed by atoms with E-state index in [0.29, 0.717) is 5.69 Å². The van der Waals surface area contributed by atoms with Crippen LogP contribution in [-0.2, 0) is 0 Å². The molecule has 0 aliphatic heterocycles. The first-order valence-electron chi connectivity index (χ1n) is 5.33. The van der Waals surface area contributed by atoms with E-state index < -0.39 is 0 Å². The van der Waals surface area contributed by atoms with E-state index >= 15 is 0 Å². The molecule has 0 aliphatic rings. The zero-order chi connectivity index (χ0) is 12.3. The molecule has 5 heteroatoms. The number of anilines is 1. The van der Waals surface area contributed by atoms with E-state index in [1.54, 1.807) is 6.07 Å². The molecule has 2 aromatic rings. The molecular formula is C12H14N4O. The number of aromatic amines is 1. The van der Waals surface area contributed by atoms with Gasteiger partial charge < -0.3 is 11.1 Å². The van der Waals surface area contributed by atoms with Crippen LogP contribution in [0.4, 0.5) is 5.69 Å². The number of H-pyrrole nitrogens is 1. The average molecular weight is 230 g/mol. The molecule has 0 radical (unpaired) electrons. The standard InChI is InChI=1S/C12H14N4O/c1-8(13)9-3-2-4-10(7-9)15-12(17)11-5-6-14-16-11/h2-8H,13H2,1H3,(H,14,16)(H,15,17). The monoisotopic (exact) mass is 230 g/mol. The van der Waals surface area contributed by atoms with Crippen molar-refractivity contribution < 1.29 is 4.79 Å². The van der Waals surface area contributed by atoms with Crippen LogP contribution in [0.5, 0.6) is 0 Å². The summed E-state index contributed by atoms with van der Waals surface area (Å²) in [7, 11) is 0. The van der Waals surface area contributed by atoms with Crippen LogP contribution in [-0.4, -0.2) is 16.1 Å². The molecule has 17 heavy (non-hydrogen) atoms. The maximum absolute atomic E-state index is 11.7. The van der Waals surface area contributed by atoms with E-state index in [2.05, 4.69) is 15.5 Å². The van der Waals surface area contributed by atoms with Crippen LogP contribution in [0.2, 0.25) is 0 Å². The fraction of sp³-hybridized carbons (Fsp3) is 0.167. The molecule has 5 nitrogen and oxygen atoms in total. The van der Waals surface area contributed by atoms with Gasteiger partial charge in [0.05, 0.1) is 0 Å². The largest absolute Gasteiger partial charge is 0.324 e. The number of rotatable bonds is 3. The topological polar surface area (TPSA) is 83.8 Å². The second-order valence-corrected chi connectivity index (χ2v) is 3.84. The SMILES string of the molecule is CC(N)c1cccc(NC(=O)c2ccn[nH]2)c1. The van der Waals surface area contributed by atoms with Gasteiger partial charge in [-0.1, -0.05) is 12.1 Å². The predicted molar refractivity (Wildman–Crippen MR) is 65.6 cm³/mol. The van der Waals surface area contributed by atoms with Gasteiger partial charge in [0.15, 0.2) is 0 Å². The number of carbonyl (C=O) groups excluding carboxylic acids is 1. The highest BCUT2D eigenvalue weighted by molar-refractivity contribution is 6.02. The molecule has 0 fully saturated rings. The van der Waals surface area contributed by atoms with E-state index in [-0.39, 0.29) is 11.9 Å². The maximum atomic E-state index is 11.7. The lowest BCUT2D eigenvalue weighted by atomic mass is 10.1. The Bertz CT molecular complexity index is 505. The van der Waals surface area contributed by atoms with Crippen molar-refractivity contribution in [1.82, 2.24) is 10.2 Å². The second kappa shape index (κ2) is 4.80. The summed E-state index contributed by atoms with van der Waals surface area (Å²) < 4.78 is 0. The van der Waals surface area contributed by atoms with Crippen LogP contribution in [0.25, 0.3) is 0 Å². The fourth-order valence-electron chi connectivity index (χ4n) is 1.48. The van der Waals surface area contributed by atoms with Gasteiger partial charge in [-0.15, -0.1) is 0 Å². The van der Waals surface area contributed by atoms with Gasteiger partial charge in [0.2, 0.25) is 0 Å². The average Bonchev–Trinajstić information content (AvgIpc) is 2.82. The molecule has 0 saturated heterocycles. The molecule has 0 bridgehead atoms. The van der Waals surface area contributed by atoms with E-state index in [9.17, 15) is 4.79 Å². The number of hydrogen-bond acceptors (Lipinski definition) is 3. The van der Waals surface area contributed by atoms with Crippen molar-refractivity contribution in [3.05, 3.63) is 47.8 Å². The van der Waals surface area contributed by atoms with Crippen LogP contribution in [0.1, 0.15) is 29.0 Å². The first-order chi connectivity index (χ1) is 8.16. The van der Waals surface area contributed by atoms with Gasteiger partial charge >= 0.3 is 0 Å². The number of nitrogens with zero attached hydrogens (tertiary/aromatic N) is 1. The summed E-state index contributed by atoms with van der Waals surface area (Å²) in [6, 6.07) is 9.03. The minimum absolute atomic E-state index is 0.0565. The third-order valence-corrected chi connectivity index (χ3v) is 2.42. The number of carbonyl (C=O) groups is 1. The molecular weight excluding hydrogens is 216 g/mol. The summed E-state index contributed by atoms with van der Waals surface area (Å²) in [6.07, 6.45) is 1.54. The molecule has 1 aromatic heterocycles. The first-order valence-corrected chi connectivity index (χ1v) is 5.33. The molecule has 88 valence electrons.